The van der Waals surface area contributed by atoms with Crippen LogP contribution in [0.15, 0.2) is 24.3 Å². The molecule has 122 valence electrons. The molecule has 0 saturated heterocycles. The molecule has 0 spiro atoms. The van der Waals surface area contributed by atoms with Gasteiger partial charge in [-0.2, -0.15) is 0 Å². The summed E-state index contributed by atoms with van der Waals surface area (Å²) >= 11 is 0. The van der Waals surface area contributed by atoms with Crippen LogP contribution in [0.25, 0.3) is 0 Å². The Morgan fingerprint density at radius 1 is 1.23 bits per heavy atom. The smallest absolute Gasteiger partial charge is 0.317 e. The Balaban J connectivity index is 2.43. The fraction of sp³-hybridized carbons (Fsp3) is 0.500. The van der Waals surface area contributed by atoms with Crippen LogP contribution in [0.3, 0.4) is 0 Å². The van der Waals surface area contributed by atoms with E-state index in [-0.39, 0.29) is 19.0 Å². The van der Waals surface area contributed by atoms with Gasteiger partial charge < -0.3 is 20.2 Å². The number of carboxylic acid groups (broad SMARTS) is 1. The second-order valence-corrected chi connectivity index (χ2v) is 5.16. The maximum absolute atomic E-state index is 11.8. The Hall–Kier alpha value is -2.24. The van der Waals surface area contributed by atoms with Gasteiger partial charge in [0.25, 0.3) is 0 Å². The van der Waals surface area contributed by atoms with Crippen molar-refractivity contribution in [1.82, 2.24) is 10.2 Å². The van der Waals surface area contributed by atoms with E-state index < -0.39 is 5.97 Å². The summed E-state index contributed by atoms with van der Waals surface area (Å²) in [5.74, 6) is -0.906. The number of nitrogens with one attached hydrogen (secondary N) is 1. The number of hydrogen-bond donors (Lipinski definition) is 2. The summed E-state index contributed by atoms with van der Waals surface area (Å²) < 4.78 is 0. The first kappa shape index (κ1) is 17.8. The summed E-state index contributed by atoms with van der Waals surface area (Å²) in [5, 5.41) is 11.4. The van der Waals surface area contributed by atoms with Crippen LogP contribution < -0.4 is 10.2 Å². The first-order valence-electron chi connectivity index (χ1n) is 7.47. The Morgan fingerprint density at radius 2 is 1.91 bits per heavy atom. The van der Waals surface area contributed by atoms with Crippen LogP contribution >= 0.6 is 0 Å². The molecule has 0 atom stereocenters. The monoisotopic (exact) mass is 307 g/mol. The third-order valence-electron chi connectivity index (χ3n) is 3.50. The number of aryl methyl sites for hydroxylation is 1. The molecule has 0 aliphatic carbocycles. The normalized spacial score (nSPS) is 10.1. The number of nitrogens with zero attached hydrogens (tertiary/aromatic N) is 2. The van der Waals surface area contributed by atoms with Gasteiger partial charge in [0.2, 0.25) is 0 Å². The largest absolute Gasteiger partial charge is 0.481 e. The van der Waals surface area contributed by atoms with E-state index >= 15 is 0 Å². The lowest BCUT2D eigenvalue weighted by molar-refractivity contribution is -0.137. The minimum absolute atomic E-state index is 0.0474. The Morgan fingerprint density at radius 3 is 2.50 bits per heavy atom. The molecule has 2 amide bonds. The number of anilines is 1. The highest BCUT2D eigenvalue weighted by molar-refractivity contribution is 5.75. The average Bonchev–Trinajstić information content (AvgIpc) is 2.50. The van der Waals surface area contributed by atoms with Gasteiger partial charge in [0.15, 0.2) is 0 Å². The topological polar surface area (TPSA) is 72.9 Å². The summed E-state index contributed by atoms with van der Waals surface area (Å²) in [6.07, 6.45) is -0.0474. The minimum Gasteiger partial charge on any atom is -0.481 e. The first-order valence-corrected chi connectivity index (χ1v) is 7.47. The van der Waals surface area contributed by atoms with E-state index in [1.165, 1.54) is 16.2 Å². The van der Waals surface area contributed by atoms with Gasteiger partial charge in [-0.1, -0.05) is 18.2 Å². The number of para-hydroxylation sites is 1. The number of benzene rings is 1. The Labute approximate surface area is 131 Å². The van der Waals surface area contributed by atoms with Crippen molar-refractivity contribution in [3.63, 3.8) is 0 Å². The molecule has 2 N–H and O–H groups in total. The number of urea groups is 1. The molecule has 0 unspecified atom stereocenters. The molecule has 0 fully saturated rings. The molecule has 6 heteroatoms. The number of carboxylic acids is 1. The predicted molar refractivity (Wildman–Crippen MR) is 87.3 cm³/mol. The van der Waals surface area contributed by atoms with E-state index in [4.69, 9.17) is 5.11 Å². The minimum atomic E-state index is -0.906. The fourth-order valence-electron chi connectivity index (χ4n) is 2.16. The molecule has 0 radical (unpaired) electrons. The molecule has 1 aromatic rings. The summed E-state index contributed by atoms with van der Waals surface area (Å²) in [7, 11) is 1.59. The van der Waals surface area contributed by atoms with Crippen molar-refractivity contribution in [2.75, 3.05) is 38.1 Å². The Kier molecular flexibility index (Phi) is 7.22. The van der Waals surface area contributed by atoms with Crippen LogP contribution in [0, 0.1) is 6.92 Å². The van der Waals surface area contributed by atoms with Crippen molar-refractivity contribution >= 4 is 17.7 Å². The van der Waals surface area contributed by atoms with Crippen LogP contribution in [0.4, 0.5) is 10.5 Å². The molecule has 0 bridgehead atoms. The number of carbonyl (C=O) groups excluding carboxylic acids is 1. The van der Waals surface area contributed by atoms with Crippen molar-refractivity contribution in [3.05, 3.63) is 29.8 Å². The van der Waals surface area contributed by atoms with Crippen molar-refractivity contribution in [3.8, 4) is 0 Å². The fourth-order valence-corrected chi connectivity index (χ4v) is 2.16. The SMILES string of the molecule is CCN(CCNC(=O)N(C)CCC(=O)O)c1ccccc1C. The molecule has 0 aromatic heterocycles. The van der Waals surface area contributed by atoms with E-state index in [0.717, 1.165) is 6.54 Å². The van der Waals surface area contributed by atoms with Crippen molar-refractivity contribution in [1.29, 1.82) is 0 Å². The predicted octanol–water partition coefficient (Wildman–Crippen LogP) is 1.94. The second kappa shape index (κ2) is 8.92. The number of likely N-dealkylation sites (N-methyl/N-ethyl adjacent to an activating group) is 1. The van der Waals surface area contributed by atoms with Gasteiger partial charge in [-0.15, -0.1) is 0 Å². The van der Waals surface area contributed by atoms with Crippen molar-refractivity contribution in [2.24, 2.45) is 0 Å². The lowest BCUT2D eigenvalue weighted by Crippen LogP contribution is -2.42. The van der Waals surface area contributed by atoms with E-state index in [2.05, 4.69) is 36.2 Å². The number of rotatable bonds is 8. The van der Waals surface area contributed by atoms with Crippen molar-refractivity contribution < 1.29 is 14.7 Å². The highest BCUT2D eigenvalue weighted by Crippen LogP contribution is 2.18. The lowest BCUT2D eigenvalue weighted by Gasteiger charge is -2.25. The second-order valence-electron chi connectivity index (χ2n) is 5.16. The van der Waals surface area contributed by atoms with Crippen LogP contribution in [0.5, 0.6) is 0 Å². The number of aliphatic carboxylic acids is 1. The Bertz CT molecular complexity index is 505. The molecular weight excluding hydrogens is 282 g/mol. The molecule has 1 rings (SSSR count). The van der Waals surface area contributed by atoms with E-state index in [9.17, 15) is 9.59 Å². The van der Waals surface area contributed by atoms with Crippen LogP contribution in [-0.4, -0.2) is 55.2 Å². The number of carbonyl (C=O) groups is 2. The highest BCUT2D eigenvalue weighted by Gasteiger charge is 2.11. The van der Waals surface area contributed by atoms with E-state index in [0.29, 0.717) is 13.1 Å². The van der Waals surface area contributed by atoms with Gasteiger partial charge in [0, 0.05) is 38.9 Å². The maximum Gasteiger partial charge on any atom is 0.317 e. The maximum atomic E-state index is 11.8. The molecular formula is C16H25N3O3. The van der Waals surface area contributed by atoms with E-state index in [1.807, 2.05) is 12.1 Å². The molecule has 0 aliphatic heterocycles. The van der Waals surface area contributed by atoms with Crippen LogP contribution in [-0.2, 0) is 4.79 Å². The van der Waals surface area contributed by atoms with Crippen molar-refractivity contribution in [2.45, 2.75) is 20.3 Å². The highest BCUT2D eigenvalue weighted by atomic mass is 16.4. The quantitative estimate of drug-likeness (QED) is 0.770. The van der Waals surface area contributed by atoms with Crippen LogP contribution in [0.2, 0.25) is 0 Å². The molecule has 0 aliphatic rings. The third-order valence-corrected chi connectivity index (χ3v) is 3.50. The van der Waals surface area contributed by atoms with Crippen LogP contribution in [0.1, 0.15) is 18.9 Å². The zero-order chi connectivity index (χ0) is 16.5. The summed E-state index contributed by atoms with van der Waals surface area (Å²) in [6.45, 7) is 6.42. The van der Waals surface area contributed by atoms with Gasteiger partial charge >= 0.3 is 12.0 Å². The van der Waals surface area contributed by atoms with E-state index in [1.54, 1.807) is 7.05 Å². The van der Waals surface area contributed by atoms with Gasteiger partial charge in [0.05, 0.1) is 6.42 Å². The van der Waals surface area contributed by atoms with Gasteiger partial charge in [-0.3, -0.25) is 4.79 Å². The molecule has 1 aromatic carbocycles. The molecule has 0 heterocycles. The lowest BCUT2D eigenvalue weighted by atomic mass is 10.2. The molecule has 6 nitrogen and oxygen atoms in total. The zero-order valence-electron chi connectivity index (χ0n) is 13.5. The van der Waals surface area contributed by atoms with Gasteiger partial charge in [-0.25, -0.2) is 4.79 Å². The van der Waals surface area contributed by atoms with Gasteiger partial charge in [0.1, 0.15) is 0 Å². The number of amides is 2. The standard InChI is InChI=1S/C16H25N3O3/c1-4-19(14-8-6-5-7-13(14)2)12-10-17-16(22)18(3)11-9-15(20)21/h5-8H,4,9-12H2,1-3H3,(H,17,22)(H,20,21). The van der Waals surface area contributed by atoms with Gasteiger partial charge in [-0.05, 0) is 25.5 Å². The average molecular weight is 307 g/mol. The third kappa shape index (κ3) is 5.63. The summed E-state index contributed by atoms with van der Waals surface area (Å²) in [5.41, 5.74) is 2.37. The first-order chi connectivity index (χ1) is 10.5. The molecule has 0 saturated carbocycles. The summed E-state index contributed by atoms with van der Waals surface area (Å²) in [4.78, 5) is 25.9. The summed E-state index contributed by atoms with van der Waals surface area (Å²) in [6, 6.07) is 7.90. The zero-order valence-corrected chi connectivity index (χ0v) is 13.5. The number of hydrogen-bond acceptors (Lipinski definition) is 3. The molecule has 22 heavy (non-hydrogen) atoms.